The highest BCUT2D eigenvalue weighted by molar-refractivity contribution is 5.90. The molecule has 0 unspecified atom stereocenters. The summed E-state index contributed by atoms with van der Waals surface area (Å²) >= 11 is 0. The van der Waals surface area contributed by atoms with Crippen molar-refractivity contribution in [2.45, 2.75) is 45.7 Å². The van der Waals surface area contributed by atoms with Crippen LogP contribution in [0.4, 0.5) is 15.3 Å². The summed E-state index contributed by atoms with van der Waals surface area (Å²) in [6.45, 7) is 8.96. The van der Waals surface area contributed by atoms with Crippen molar-refractivity contribution in [3.05, 3.63) is 47.5 Å². The first-order valence-electron chi connectivity index (χ1n) is 11.8. The molecule has 3 rings (SSSR count). The molecule has 0 aliphatic carbocycles. The number of nitrogens with zero attached hydrogens (tertiary/aromatic N) is 1. The number of nitrogens with one attached hydrogen (secondary N) is 3. The number of ether oxygens (including phenoxy) is 3. The van der Waals surface area contributed by atoms with Crippen LogP contribution < -0.4 is 30.2 Å². The number of hydrogen-bond donors (Lipinski definition) is 3. The quantitative estimate of drug-likeness (QED) is 0.543. The topological polar surface area (TPSA) is 101 Å². The van der Waals surface area contributed by atoms with Crippen LogP contribution in [-0.4, -0.2) is 56.4 Å². The van der Waals surface area contributed by atoms with Crippen LogP contribution in [0.2, 0.25) is 0 Å². The summed E-state index contributed by atoms with van der Waals surface area (Å²) in [5.41, 5.74) is 2.24. The van der Waals surface area contributed by atoms with E-state index in [0.29, 0.717) is 36.8 Å². The van der Waals surface area contributed by atoms with Gasteiger partial charge in [-0.15, -0.1) is 0 Å². The van der Waals surface area contributed by atoms with E-state index < -0.39 is 6.04 Å². The molecular formula is C26H36N4O5. The Morgan fingerprint density at radius 3 is 2.31 bits per heavy atom. The van der Waals surface area contributed by atoms with E-state index in [4.69, 9.17) is 14.2 Å². The molecule has 190 valence electrons. The highest BCUT2D eigenvalue weighted by Crippen LogP contribution is 2.38. The summed E-state index contributed by atoms with van der Waals surface area (Å²) in [5.74, 6) is 1.95. The van der Waals surface area contributed by atoms with E-state index >= 15 is 0 Å². The molecule has 0 bridgehead atoms. The molecular weight excluding hydrogens is 448 g/mol. The van der Waals surface area contributed by atoms with Gasteiger partial charge in [-0.1, -0.05) is 0 Å². The lowest BCUT2D eigenvalue weighted by molar-refractivity contribution is 0.178. The molecule has 1 aliphatic heterocycles. The van der Waals surface area contributed by atoms with Gasteiger partial charge in [0.1, 0.15) is 5.75 Å². The Hall–Kier alpha value is -3.62. The molecule has 35 heavy (non-hydrogen) atoms. The highest BCUT2D eigenvalue weighted by Gasteiger charge is 2.33. The fraction of sp³-hybridized carbons (Fsp3) is 0.462. The first-order chi connectivity index (χ1) is 16.6. The van der Waals surface area contributed by atoms with Crippen molar-refractivity contribution in [3.63, 3.8) is 0 Å². The molecule has 0 radical (unpaired) electrons. The number of benzene rings is 2. The number of anilines is 1. The van der Waals surface area contributed by atoms with Gasteiger partial charge in [0, 0.05) is 24.3 Å². The van der Waals surface area contributed by atoms with Crippen LogP contribution in [0.25, 0.3) is 0 Å². The van der Waals surface area contributed by atoms with E-state index in [2.05, 4.69) is 16.0 Å². The number of carbonyl (C=O) groups excluding carboxylic acids is 2. The van der Waals surface area contributed by atoms with E-state index in [1.54, 1.807) is 31.3 Å². The Bertz CT molecular complexity index is 1030. The van der Waals surface area contributed by atoms with Crippen LogP contribution in [0.15, 0.2) is 36.4 Å². The smallest absolute Gasteiger partial charge is 0.322 e. The van der Waals surface area contributed by atoms with Gasteiger partial charge < -0.3 is 35.1 Å². The first kappa shape index (κ1) is 26.0. The maximum absolute atomic E-state index is 13.3. The van der Waals surface area contributed by atoms with Crippen LogP contribution >= 0.6 is 0 Å². The Balaban J connectivity index is 1.85. The summed E-state index contributed by atoms with van der Waals surface area (Å²) in [6, 6.07) is 10.1. The minimum atomic E-state index is -0.396. The van der Waals surface area contributed by atoms with Crippen LogP contribution in [-0.2, 0) is 6.42 Å². The second-order valence-corrected chi connectivity index (χ2v) is 9.34. The van der Waals surface area contributed by atoms with Crippen molar-refractivity contribution < 1.29 is 23.8 Å². The molecule has 0 spiro atoms. The van der Waals surface area contributed by atoms with Gasteiger partial charge in [0.25, 0.3) is 0 Å². The largest absolute Gasteiger partial charge is 0.494 e. The van der Waals surface area contributed by atoms with Gasteiger partial charge in [0.05, 0.1) is 26.9 Å². The Labute approximate surface area is 207 Å². The fourth-order valence-electron chi connectivity index (χ4n) is 4.06. The van der Waals surface area contributed by atoms with Crippen molar-refractivity contribution in [1.82, 2.24) is 15.5 Å². The fourth-order valence-corrected chi connectivity index (χ4v) is 4.06. The van der Waals surface area contributed by atoms with E-state index in [1.807, 2.05) is 52.0 Å². The van der Waals surface area contributed by atoms with Gasteiger partial charge in [0.2, 0.25) is 0 Å². The van der Waals surface area contributed by atoms with Crippen LogP contribution in [0, 0.1) is 0 Å². The van der Waals surface area contributed by atoms with Crippen molar-refractivity contribution in [2.24, 2.45) is 0 Å². The normalized spacial score (nSPS) is 15.0. The number of rotatable bonds is 7. The number of methoxy groups -OCH3 is 2. The zero-order chi connectivity index (χ0) is 25.6. The highest BCUT2D eigenvalue weighted by atomic mass is 16.5. The van der Waals surface area contributed by atoms with E-state index in [0.717, 1.165) is 16.9 Å². The lowest BCUT2D eigenvalue weighted by Gasteiger charge is -2.38. The average molecular weight is 485 g/mol. The number of urea groups is 2. The Morgan fingerprint density at radius 2 is 1.71 bits per heavy atom. The molecule has 0 aromatic heterocycles. The molecule has 1 atom stereocenters. The molecule has 9 heteroatoms. The predicted octanol–water partition coefficient (Wildman–Crippen LogP) is 4.33. The monoisotopic (exact) mass is 484 g/mol. The molecule has 9 nitrogen and oxygen atoms in total. The SMILES string of the molecule is CCOc1ccc(NC(=O)N2CCc3cc(OC)c(OC)cc3[C@@H]2CNC(=O)NC(C)(C)C)cc1. The van der Waals surface area contributed by atoms with Gasteiger partial charge in [0.15, 0.2) is 11.5 Å². The molecule has 1 aliphatic rings. The number of fused-ring (bicyclic) bond motifs is 1. The van der Waals surface area contributed by atoms with Crippen molar-refractivity contribution in [1.29, 1.82) is 0 Å². The van der Waals surface area contributed by atoms with Gasteiger partial charge in [-0.3, -0.25) is 0 Å². The van der Waals surface area contributed by atoms with Crippen LogP contribution in [0.1, 0.15) is 44.9 Å². The minimum Gasteiger partial charge on any atom is -0.494 e. The predicted molar refractivity (Wildman–Crippen MR) is 136 cm³/mol. The Morgan fingerprint density at radius 1 is 1.06 bits per heavy atom. The zero-order valence-corrected chi connectivity index (χ0v) is 21.4. The summed E-state index contributed by atoms with van der Waals surface area (Å²) in [4.78, 5) is 27.6. The molecule has 2 aromatic rings. The van der Waals surface area contributed by atoms with E-state index in [9.17, 15) is 9.59 Å². The minimum absolute atomic E-state index is 0.237. The molecule has 4 amide bonds. The molecule has 2 aromatic carbocycles. The second kappa shape index (κ2) is 11.2. The van der Waals surface area contributed by atoms with Gasteiger partial charge in [-0.2, -0.15) is 0 Å². The third-order valence-electron chi connectivity index (χ3n) is 5.62. The summed E-state index contributed by atoms with van der Waals surface area (Å²) in [7, 11) is 3.17. The lowest BCUT2D eigenvalue weighted by Crippen LogP contribution is -2.51. The van der Waals surface area contributed by atoms with E-state index in [-0.39, 0.29) is 24.1 Å². The van der Waals surface area contributed by atoms with Crippen molar-refractivity contribution in [3.8, 4) is 17.2 Å². The first-order valence-corrected chi connectivity index (χ1v) is 11.8. The molecule has 1 heterocycles. The van der Waals surface area contributed by atoms with Gasteiger partial charge in [-0.05, 0) is 81.6 Å². The number of amides is 4. The standard InChI is InChI=1S/C26H36N4O5/c1-7-35-19-10-8-18(9-11-19)28-25(32)30-13-12-17-14-22(33-5)23(34-6)15-20(17)21(30)16-27-24(31)29-26(2,3)4/h8-11,14-15,21H,7,12-13,16H2,1-6H3,(H,28,32)(H2,27,29,31)/t21-/m0/s1. The molecule has 0 fully saturated rings. The zero-order valence-electron chi connectivity index (χ0n) is 21.4. The average Bonchev–Trinajstić information content (AvgIpc) is 2.81. The maximum Gasteiger partial charge on any atom is 0.322 e. The van der Waals surface area contributed by atoms with Crippen LogP contribution in [0.5, 0.6) is 17.2 Å². The Kier molecular flexibility index (Phi) is 8.32. The van der Waals surface area contributed by atoms with Gasteiger partial charge in [-0.25, -0.2) is 9.59 Å². The van der Waals surface area contributed by atoms with Crippen molar-refractivity contribution in [2.75, 3.05) is 39.2 Å². The third-order valence-corrected chi connectivity index (χ3v) is 5.62. The van der Waals surface area contributed by atoms with Crippen molar-refractivity contribution >= 4 is 17.7 Å². The summed E-state index contributed by atoms with van der Waals surface area (Å²) in [6.07, 6.45) is 0.650. The van der Waals surface area contributed by atoms with E-state index in [1.165, 1.54) is 0 Å². The van der Waals surface area contributed by atoms with Gasteiger partial charge >= 0.3 is 12.1 Å². The van der Waals surface area contributed by atoms with Crippen LogP contribution in [0.3, 0.4) is 0 Å². The summed E-state index contributed by atoms with van der Waals surface area (Å²) in [5, 5.41) is 8.79. The summed E-state index contributed by atoms with van der Waals surface area (Å²) < 4.78 is 16.4. The third kappa shape index (κ3) is 6.71. The maximum atomic E-state index is 13.3. The second-order valence-electron chi connectivity index (χ2n) is 9.34. The number of carbonyl (C=O) groups is 2. The lowest BCUT2D eigenvalue weighted by atomic mass is 9.92. The molecule has 0 saturated heterocycles. The number of hydrogen-bond acceptors (Lipinski definition) is 5. The molecule has 3 N–H and O–H groups in total. The molecule has 0 saturated carbocycles.